The number of carbonyl (C=O) groups excluding carboxylic acids is 1. The third-order valence-electron chi connectivity index (χ3n) is 3.99. The largest absolute Gasteiger partial charge is 0.350 e. The predicted molar refractivity (Wildman–Crippen MR) is 88.8 cm³/mol. The van der Waals surface area contributed by atoms with E-state index < -0.39 is 10.0 Å². The molecule has 0 radical (unpaired) electrons. The zero-order valence-electron chi connectivity index (χ0n) is 13.4. The maximum Gasteiger partial charge on any atom is 0.251 e. The number of fused-ring (bicyclic) bond motifs is 1. The van der Waals surface area contributed by atoms with Crippen LogP contribution in [0.3, 0.4) is 0 Å². The lowest BCUT2D eigenvalue weighted by Gasteiger charge is -2.18. The first-order valence-corrected chi connectivity index (χ1v) is 9.44. The Morgan fingerprint density at radius 3 is 2.73 bits per heavy atom. The fourth-order valence-corrected chi connectivity index (χ4v) is 3.93. The van der Waals surface area contributed by atoms with Crippen LogP contribution in [-0.4, -0.2) is 32.7 Å². The number of hydrogen-bond acceptors (Lipinski definition) is 3. The van der Waals surface area contributed by atoms with Gasteiger partial charge in [-0.25, -0.2) is 8.42 Å². The molecular formula is C16H24N2O3S. The Balaban J connectivity index is 2.19. The first-order chi connectivity index (χ1) is 10.4. The van der Waals surface area contributed by atoms with Gasteiger partial charge in [0.15, 0.2) is 0 Å². The molecule has 0 saturated heterocycles. The molecule has 1 aliphatic heterocycles. The number of carbonyl (C=O) groups is 1. The molecule has 1 heterocycles. The molecule has 0 aromatic heterocycles. The second-order valence-corrected chi connectivity index (χ2v) is 7.91. The minimum Gasteiger partial charge on any atom is -0.350 e. The molecule has 0 unspecified atom stereocenters. The number of nitrogens with zero attached hydrogens (tertiary/aromatic N) is 1. The standard InChI is InChI=1S/C16H24N2O3S/c1-4-6-12(3)17-16(19)14-7-8-15-13(11-14)9-10-18(15)22(20,21)5-2/h7-8,11-12H,4-6,9-10H2,1-3H3,(H,17,19)/t12-/m0/s1. The van der Waals surface area contributed by atoms with Gasteiger partial charge >= 0.3 is 0 Å². The van der Waals surface area contributed by atoms with Crippen LogP contribution >= 0.6 is 0 Å². The van der Waals surface area contributed by atoms with Gasteiger partial charge in [0.05, 0.1) is 11.4 Å². The van der Waals surface area contributed by atoms with Crippen LogP contribution in [-0.2, 0) is 16.4 Å². The van der Waals surface area contributed by atoms with E-state index in [9.17, 15) is 13.2 Å². The van der Waals surface area contributed by atoms with Crippen molar-refractivity contribution in [2.24, 2.45) is 0 Å². The summed E-state index contributed by atoms with van der Waals surface area (Å²) in [5.74, 6) is -0.0102. The van der Waals surface area contributed by atoms with Crippen molar-refractivity contribution in [2.75, 3.05) is 16.6 Å². The molecule has 1 N–H and O–H groups in total. The summed E-state index contributed by atoms with van der Waals surface area (Å²) in [6.45, 7) is 6.18. The lowest BCUT2D eigenvalue weighted by Crippen LogP contribution is -2.32. The molecule has 1 aromatic rings. The Kier molecular flexibility index (Phi) is 5.11. The maximum absolute atomic E-state index is 12.2. The van der Waals surface area contributed by atoms with Gasteiger partial charge in [-0.3, -0.25) is 9.10 Å². The zero-order chi connectivity index (χ0) is 16.3. The highest BCUT2D eigenvalue weighted by molar-refractivity contribution is 7.92. The minimum atomic E-state index is -3.24. The van der Waals surface area contributed by atoms with Gasteiger partial charge in [-0.15, -0.1) is 0 Å². The number of sulfonamides is 1. The molecule has 0 bridgehead atoms. The van der Waals surface area contributed by atoms with E-state index in [0.29, 0.717) is 24.2 Å². The Morgan fingerprint density at radius 1 is 1.36 bits per heavy atom. The summed E-state index contributed by atoms with van der Waals surface area (Å²) in [7, 11) is -3.24. The number of nitrogens with one attached hydrogen (secondary N) is 1. The third-order valence-corrected chi connectivity index (χ3v) is 5.77. The number of hydrogen-bond donors (Lipinski definition) is 1. The van der Waals surface area contributed by atoms with Crippen LogP contribution in [0.25, 0.3) is 0 Å². The smallest absolute Gasteiger partial charge is 0.251 e. The van der Waals surface area contributed by atoms with Crippen LogP contribution in [0.1, 0.15) is 49.5 Å². The molecule has 0 fully saturated rings. The quantitative estimate of drug-likeness (QED) is 0.873. The highest BCUT2D eigenvalue weighted by atomic mass is 32.2. The second-order valence-electron chi connectivity index (χ2n) is 5.73. The first-order valence-electron chi connectivity index (χ1n) is 7.83. The fraction of sp³-hybridized carbons (Fsp3) is 0.562. The molecule has 1 aromatic carbocycles. The molecule has 5 nitrogen and oxygen atoms in total. The molecule has 2 rings (SSSR count). The molecule has 0 spiro atoms. The average Bonchev–Trinajstić information content (AvgIpc) is 2.91. The number of anilines is 1. The molecule has 6 heteroatoms. The van der Waals surface area contributed by atoms with Gasteiger partial charge < -0.3 is 5.32 Å². The SMILES string of the molecule is CCC[C@H](C)NC(=O)c1ccc2c(c1)CCN2S(=O)(=O)CC. The number of amides is 1. The Hall–Kier alpha value is -1.56. The third kappa shape index (κ3) is 3.43. The molecule has 122 valence electrons. The van der Waals surface area contributed by atoms with Crippen molar-refractivity contribution in [1.82, 2.24) is 5.32 Å². The van der Waals surface area contributed by atoms with E-state index in [1.165, 1.54) is 4.31 Å². The van der Waals surface area contributed by atoms with Crippen LogP contribution in [0.5, 0.6) is 0 Å². The first kappa shape index (κ1) is 16.8. The number of rotatable bonds is 6. The molecule has 0 aliphatic carbocycles. The van der Waals surface area contributed by atoms with Crippen LogP contribution in [0.4, 0.5) is 5.69 Å². The van der Waals surface area contributed by atoms with Gasteiger partial charge in [-0.05, 0) is 50.5 Å². The fourth-order valence-electron chi connectivity index (χ4n) is 2.77. The van der Waals surface area contributed by atoms with Crippen molar-refractivity contribution in [3.63, 3.8) is 0 Å². The van der Waals surface area contributed by atoms with Gasteiger partial charge in [0, 0.05) is 18.2 Å². The lowest BCUT2D eigenvalue weighted by molar-refractivity contribution is 0.0938. The van der Waals surface area contributed by atoms with E-state index in [0.717, 1.165) is 18.4 Å². The predicted octanol–water partition coefficient (Wildman–Crippen LogP) is 2.32. The topological polar surface area (TPSA) is 66.5 Å². The van der Waals surface area contributed by atoms with Crippen LogP contribution in [0, 0.1) is 0 Å². The van der Waals surface area contributed by atoms with Crippen LogP contribution in [0.15, 0.2) is 18.2 Å². The average molecular weight is 324 g/mol. The van der Waals surface area contributed by atoms with Gasteiger partial charge in [-0.1, -0.05) is 13.3 Å². The van der Waals surface area contributed by atoms with Crippen molar-refractivity contribution < 1.29 is 13.2 Å². The summed E-state index contributed by atoms with van der Waals surface area (Å²) >= 11 is 0. The summed E-state index contributed by atoms with van der Waals surface area (Å²) in [6, 6.07) is 5.41. The van der Waals surface area contributed by atoms with Crippen LogP contribution in [0.2, 0.25) is 0 Å². The van der Waals surface area contributed by atoms with Crippen molar-refractivity contribution in [3.05, 3.63) is 29.3 Å². The summed E-state index contributed by atoms with van der Waals surface area (Å²) in [4.78, 5) is 12.2. The van der Waals surface area contributed by atoms with E-state index in [1.807, 2.05) is 13.0 Å². The van der Waals surface area contributed by atoms with E-state index in [4.69, 9.17) is 0 Å². The summed E-state index contributed by atoms with van der Waals surface area (Å²) in [6.07, 6.45) is 2.62. The minimum absolute atomic E-state index is 0.0865. The van der Waals surface area contributed by atoms with E-state index in [1.54, 1.807) is 19.1 Å². The maximum atomic E-state index is 12.2. The highest BCUT2D eigenvalue weighted by Crippen LogP contribution is 2.31. The Bertz CT molecular complexity index is 655. The monoisotopic (exact) mass is 324 g/mol. The van der Waals surface area contributed by atoms with Gasteiger partial charge in [0.25, 0.3) is 5.91 Å². The van der Waals surface area contributed by atoms with Gasteiger partial charge in [0.1, 0.15) is 0 Å². The molecule has 1 aliphatic rings. The normalized spacial score (nSPS) is 15.5. The van der Waals surface area contributed by atoms with E-state index in [2.05, 4.69) is 12.2 Å². The number of benzene rings is 1. The van der Waals surface area contributed by atoms with Gasteiger partial charge in [-0.2, -0.15) is 0 Å². The van der Waals surface area contributed by atoms with E-state index in [-0.39, 0.29) is 17.7 Å². The highest BCUT2D eigenvalue weighted by Gasteiger charge is 2.28. The molecular weight excluding hydrogens is 300 g/mol. The van der Waals surface area contributed by atoms with Crippen molar-refractivity contribution in [1.29, 1.82) is 0 Å². The van der Waals surface area contributed by atoms with Crippen molar-refractivity contribution in [2.45, 2.75) is 46.1 Å². The van der Waals surface area contributed by atoms with Gasteiger partial charge in [0.2, 0.25) is 10.0 Å². The summed E-state index contributed by atoms with van der Waals surface area (Å²) < 4.78 is 25.5. The second kappa shape index (κ2) is 6.69. The van der Waals surface area contributed by atoms with E-state index >= 15 is 0 Å². The van der Waals surface area contributed by atoms with Crippen molar-refractivity contribution in [3.8, 4) is 0 Å². The molecule has 1 amide bonds. The van der Waals surface area contributed by atoms with Crippen molar-refractivity contribution >= 4 is 21.6 Å². The zero-order valence-corrected chi connectivity index (χ0v) is 14.2. The molecule has 0 saturated carbocycles. The summed E-state index contributed by atoms with van der Waals surface area (Å²) in [5.41, 5.74) is 2.23. The Morgan fingerprint density at radius 2 is 2.09 bits per heavy atom. The summed E-state index contributed by atoms with van der Waals surface area (Å²) in [5, 5.41) is 2.97. The van der Waals surface area contributed by atoms with Crippen LogP contribution < -0.4 is 9.62 Å². The lowest BCUT2D eigenvalue weighted by atomic mass is 10.1. The molecule has 22 heavy (non-hydrogen) atoms. The Labute approximate surface area is 132 Å². The molecule has 1 atom stereocenters.